The van der Waals surface area contributed by atoms with Gasteiger partial charge in [-0.25, -0.2) is 0 Å². The van der Waals surface area contributed by atoms with Crippen LogP contribution >= 0.6 is 0 Å². The Labute approximate surface area is 559 Å². The minimum atomic E-state index is -0.275. The molecular weight excluding hydrogens is 1300 g/mol. The second-order valence-electron chi connectivity index (χ2n) is 30.5. The average molecular weight is 1390 g/mol. The summed E-state index contributed by atoms with van der Waals surface area (Å²) >= 11 is 0. The van der Waals surface area contributed by atoms with Gasteiger partial charge in [-0.15, -0.1) is 65.7 Å². The monoisotopic (exact) mass is 1390 g/mol. The topological polar surface area (TPSA) is 38.9 Å². The number of hydrogen-bond donors (Lipinski definition) is 0. The van der Waals surface area contributed by atoms with Gasteiger partial charge >= 0.3 is 0 Å². The van der Waals surface area contributed by atoms with Crippen molar-refractivity contribution in [3.05, 3.63) is 239 Å². The summed E-state index contributed by atoms with van der Waals surface area (Å²) in [7, 11) is 0. The van der Waals surface area contributed by atoms with E-state index in [0.29, 0.717) is 11.8 Å². The van der Waals surface area contributed by atoms with E-state index >= 15 is 0 Å². The maximum atomic E-state index is 12.7. The van der Waals surface area contributed by atoms with Crippen LogP contribution in [0.25, 0.3) is 78.0 Å². The van der Waals surface area contributed by atoms with Crippen molar-refractivity contribution >= 4 is 73.0 Å². The van der Waals surface area contributed by atoms with Crippen molar-refractivity contribution in [1.29, 1.82) is 0 Å². The van der Waals surface area contributed by atoms with Crippen LogP contribution in [-0.2, 0) is 41.8 Å². The van der Waals surface area contributed by atoms with Crippen LogP contribution in [0.4, 0.5) is 21.5 Å². The normalized spacial score (nSPS) is 13.0. The molecule has 9 aromatic carbocycles. The van der Waals surface area contributed by atoms with Gasteiger partial charge in [0.1, 0.15) is 0 Å². The Hall–Kier alpha value is -8.16. The molecule has 1 radical (unpaired) electrons. The molecule has 0 unspecified atom stereocenters. The van der Waals surface area contributed by atoms with Gasteiger partial charge in [0, 0.05) is 76.8 Å². The molecule has 12 aromatic rings. The molecular formula is C84H85BFIrN5-2. The van der Waals surface area contributed by atoms with Crippen LogP contribution in [0.2, 0.25) is 0 Å². The van der Waals surface area contributed by atoms with E-state index in [-0.39, 0.29) is 54.3 Å². The van der Waals surface area contributed by atoms with E-state index in [1.165, 1.54) is 118 Å². The quantitative estimate of drug-likeness (QED) is 0.118. The number of halogens is 1. The van der Waals surface area contributed by atoms with Gasteiger partial charge in [0.2, 0.25) is 0 Å². The Morgan fingerprint density at radius 1 is 0.500 bits per heavy atom. The molecule has 3 aromatic heterocycles. The van der Waals surface area contributed by atoms with Crippen LogP contribution in [0.15, 0.2) is 176 Å². The molecule has 8 heteroatoms. The zero-order valence-electron chi connectivity index (χ0n) is 56.9. The van der Waals surface area contributed by atoms with E-state index in [1.807, 2.05) is 38.2 Å². The van der Waals surface area contributed by atoms with Crippen molar-refractivity contribution in [3.8, 4) is 45.1 Å². The SMILES string of the molecule is CC(C)c1cccc(C(C)C)c1-n1c(-c2[c-]cccc2)nc2ccc(-c3cc4c5c(c3)-n3c6ccc(C(C)(C)C)cc6c6cc(C(C)(C)C)cc(c63)B5c3cc(C(C)(C)C)ccc3N4c3ccc(C(C)(C)C)cc3)cc21.Cc1cnc(-c2[c-]cc(F)cc2)cc1C.[Ir]. The number of anilines is 3. The molecule has 0 atom stereocenters. The number of fused-ring (bicyclic) bond motifs is 8. The van der Waals surface area contributed by atoms with Crippen LogP contribution < -0.4 is 21.3 Å². The first-order valence-electron chi connectivity index (χ1n) is 32.7. The number of aryl methyl sites for hydroxylation is 2. The standard InChI is InChI=1S/C71H74BN4.C13H11FN.Ir/c1-42(2)52-23-20-24-53(43(3)4)65(52)76-61-35-45(25-32-58(61)73-67(76)44-21-18-17-19-22-44)46-36-62-64-63(37-46)75-59-33-28-48(69(8,9)10)38-54(59)55-39-50(71(14,15)16)41-57(66(55)75)72(64)56-40-49(70(11,12)13)29-34-60(56)74(62)51-30-26-47(27-31-51)68(5,6)7;1-9-7-13(15-8-10(9)2)11-3-5-12(14)6-4-11;/h17-21,23-43H,1-16H3;3,5-8H,1-2H3;/q2*-1;. The fourth-order valence-electron chi connectivity index (χ4n) is 13.8. The summed E-state index contributed by atoms with van der Waals surface area (Å²) in [6, 6.07) is 69.2. The molecule has 0 fully saturated rings. The molecule has 92 heavy (non-hydrogen) atoms. The average Bonchev–Trinajstić information content (AvgIpc) is 1.33. The van der Waals surface area contributed by atoms with E-state index in [4.69, 9.17) is 4.98 Å². The summed E-state index contributed by atoms with van der Waals surface area (Å²) in [6.07, 6.45) is 1.82. The molecule has 467 valence electrons. The minimum absolute atomic E-state index is 0. The molecule has 14 rings (SSSR count). The largest absolute Gasteiger partial charge is 0.333 e. The second-order valence-corrected chi connectivity index (χ2v) is 30.5. The number of benzene rings is 9. The molecule has 0 spiro atoms. The van der Waals surface area contributed by atoms with Crippen molar-refractivity contribution in [1.82, 2.24) is 19.1 Å². The van der Waals surface area contributed by atoms with Crippen LogP contribution in [0.3, 0.4) is 0 Å². The predicted octanol–water partition coefficient (Wildman–Crippen LogP) is 20.6. The van der Waals surface area contributed by atoms with E-state index in [9.17, 15) is 4.39 Å². The van der Waals surface area contributed by atoms with Crippen molar-refractivity contribution in [2.45, 2.75) is 158 Å². The summed E-state index contributed by atoms with van der Waals surface area (Å²) in [5.41, 5.74) is 29.9. The van der Waals surface area contributed by atoms with Crippen molar-refractivity contribution in [3.63, 3.8) is 0 Å². The number of para-hydroxylation sites is 1. The minimum Gasteiger partial charge on any atom is -0.333 e. The molecule has 5 heterocycles. The fourth-order valence-corrected chi connectivity index (χ4v) is 13.8. The Bertz CT molecular complexity index is 4800. The first kappa shape index (κ1) is 64.0. The molecule has 0 saturated heterocycles. The van der Waals surface area contributed by atoms with Crippen LogP contribution in [0.1, 0.15) is 167 Å². The summed E-state index contributed by atoms with van der Waals surface area (Å²) in [6.45, 7) is 41.4. The van der Waals surface area contributed by atoms with Crippen LogP contribution in [0.5, 0.6) is 0 Å². The van der Waals surface area contributed by atoms with Crippen molar-refractivity contribution < 1.29 is 24.5 Å². The van der Waals surface area contributed by atoms with Gasteiger partial charge in [0.05, 0.1) is 22.4 Å². The van der Waals surface area contributed by atoms with Crippen molar-refractivity contribution in [2.75, 3.05) is 4.90 Å². The molecule has 2 aliphatic heterocycles. The smallest absolute Gasteiger partial charge is 0.252 e. The van der Waals surface area contributed by atoms with Gasteiger partial charge in [-0.1, -0.05) is 183 Å². The Morgan fingerprint density at radius 3 is 1.75 bits per heavy atom. The molecule has 0 bridgehead atoms. The third-order valence-corrected chi connectivity index (χ3v) is 19.2. The molecule has 0 amide bonds. The third-order valence-electron chi connectivity index (χ3n) is 19.2. The first-order chi connectivity index (χ1) is 43.0. The Morgan fingerprint density at radius 2 is 1.13 bits per heavy atom. The maximum Gasteiger partial charge on any atom is 0.252 e. The number of nitrogens with zero attached hydrogens (tertiary/aromatic N) is 5. The van der Waals surface area contributed by atoms with E-state index < -0.39 is 0 Å². The number of rotatable bonds is 7. The summed E-state index contributed by atoms with van der Waals surface area (Å²) in [4.78, 5) is 12.4. The predicted molar refractivity (Wildman–Crippen MR) is 385 cm³/mol. The molecule has 0 saturated carbocycles. The van der Waals surface area contributed by atoms with Crippen LogP contribution in [-0.4, -0.2) is 25.8 Å². The summed E-state index contributed by atoms with van der Waals surface area (Å²) in [5.74, 6) is 1.22. The Balaban J connectivity index is 0.000000447. The molecule has 5 nitrogen and oxygen atoms in total. The zero-order chi connectivity index (χ0) is 64.5. The zero-order valence-corrected chi connectivity index (χ0v) is 59.3. The van der Waals surface area contributed by atoms with Gasteiger partial charge in [-0.05, 0) is 180 Å². The first-order valence-corrected chi connectivity index (χ1v) is 32.7. The summed E-state index contributed by atoms with van der Waals surface area (Å²) < 4.78 is 17.8. The molecule has 0 N–H and O–H groups in total. The fraction of sp³-hybridized carbons (Fsp3) is 0.286. The number of hydrogen-bond acceptors (Lipinski definition) is 3. The maximum absolute atomic E-state index is 12.7. The summed E-state index contributed by atoms with van der Waals surface area (Å²) in [5, 5.41) is 2.64. The van der Waals surface area contributed by atoms with E-state index in [2.05, 4.69) is 275 Å². The van der Waals surface area contributed by atoms with E-state index in [1.54, 1.807) is 6.07 Å². The molecule has 0 aliphatic carbocycles. The molecule has 2 aliphatic rings. The van der Waals surface area contributed by atoms with Gasteiger partial charge < -0.3 is 19.0 Å². The number of imidazole rings is 1. The second kappa shape index (κ2) is 23.4. The van der Waals surface area contributed by atoms with Gasteiger partial charge in [0.25, 0.3) is 6.71 Å². The van der Waals surface area contributed by atoms with Crippen molar-refractivity contribution in [2.24, 2.45) is 0 Å². The van der Waals surface area contributed by atoms with Gasteiger partial charge in [-0.3, -0.25) is 9.37 Å². The number of aromatic nitrogens is 4. The van der Waals surface area contributed by atoms with E-state index in [0.717, 1.165) is 50.5 Å². The Kier molecular flexibility index (Phi) is 16.3. The number of pyridine rings is 1. The van der Waals surface area contributed by atoms with Gasteiger partial charge in [-0.2, -0.15) is 0 Å². The third kappa shape index (κ3) is 11.3. The van der Waals surface area contributed by atoms with Crippen LogP contribution in [0, 0.1) is 31.8 Å². The van der Waals surface area contributed by atoms with Gasteiger partial charge in [0.15, 0.2) is 0 Å².